The Bertz CT molecular complexity index is 853. The van der Waals surface area contributed by atoms with E-state index in [1.54, 1.807) is 0 Å². The van der Waals surface area contributed by atoms with E-state index in [-0.39, 0.29) is 0 Å². The number of rotatable bonds is 6. The standard InChI is InChI=1S/C17H20N2S.C4H4O4/c1-2-7-14-13(6-1)12-15-17(14)18-16(20-15)8-5-11-19-9-3-4-10-19;5-3(6)1-2-4(7)8/h1-2,6-7H,3-5,8-12H2;1-2H,(H,5,6)(H,7,8). The van der Waals surface area contributed by atoms with Gasteiger partial charge in [-0.15, -0.1) is 11.3 Å². The summed E-state index contributed by atoms with van der Waals surface area (Å²) in [5.74, 6) is -2.51. The highest BCUT2D eigenvalue weighted by Crippen LogP contribution is 2.39. The number of hydrogen-bond donors (Lipinski definition) is 2. The van der Waals surface area contributed by atoms with Crippen LogP contribution in [0.4, 0.5) is 0 Å². The normalized spacial score (nSPS) is 15.1. The van der Waals surface area contributed by atoms with Gasteiger partial charge < -0.3 is 15.1 Å². The van der Waals surface area contributed by atoms with E-state index in [1.807, 2.05) is 11.3 Å². The Morgan fingerprint density at radius 1 is 1.11 bits per heavy atom. The molecule has 0 bridgehead atoms. The molecule has 0 saturated carbocycles. The van der Waals surface area contributed by atoms with Gasteiger partial charge in [0.2, 0.25) is 0 Å². The molecule has 28 heavy (non-hydrogen) atoms. The lowest BCUT2D eigenvalue weighted by Gasteiger charge is -2.13. The van der Waals surface area contributed by atoms with E-state index < -0.39 is 11.9 Å². The number of carbonyl (C=O) groups is 2. The molecule has 1 saturated heterocycles. The second-order valence-electron chi connectivity index (χ2n) is 6.88. The zero-order chi connectivity index (χ0) is 19.9. The minimum Gasteiger partial charge on any atom is -0.478 e. The molecule has 0 amide bonds. The second-order valence-corrected chi connectivity index (χ2v) is 8.04. The van der Waals surface area contributed by atoms with Gasteiger partial charge in [-0.25, -0.2) is 14.6 Å². The smallest absolute Gasteiger partial charge is 0.328 e. The highest BCUT2D eigenvalue weighted by molar-refractivity contribution is 7.12. The van der Waals surface area contributed by atoms with Crippen LogP contribution in [0.2, 0.25) is 0 Å². The number of thiazole rings is 1. The van der Waals surface area contributed by atoms with E-state index in [9.17, 15) is 9.59 Å². The minimum absolute atomic E-state index is 0.558. The predicted molar refractivity (Wildman–Crippen MR) is 109 cm³/mol. The summed E-state index contributed by atoms with van der Waals surface area (Å²) < 4.78 is 0. The molecule has 1 aromatic carbocycles. The fourth-order valence-electron chi connectivity index (χ4n) is 3.52. The summed E-state index contributed by atoms with van der Waals surface area (Å²) in [6.45, 7) is 3.87. The van der Waals surface area contributed by atoms with Crippen LogP contribution < -0.4 is 0 Å². The maximum atomic E-state index is 9.55. The molecule has 7 heteroatoms. The van der Waals surface area contributed by atoms with Crippen molar-refractivity contribution in [1.29, 1.82) is 0 Å². The van der Waals surface area contributed by atoms with Gasteiger partial charge in [0, 0.05) is 35.4 Å². The number of carboxylic acid groups (broad SMARTS) is 2. The fourth-order valence-corrected chi connectivity index (χ4v) is 4.67. The highest BCUT2D eigenvalue weighted by atomic mass is 32.1. The Morgan fingerprint density at radius 2 is 1.79 bits per heavy atom. The number of carboxylic acids is 2. The Kier molecular flexibility index (Phi) is 6.95. The Labute approximate surface area is 168 Å². The van der Waals surface area contributed by atoms with E-state index >= 15 is 0 Å². The molecule has 1 aliphatic heterocycles. The second kappa shape index (κ2) is 9.61. The van der Waals surface area contributed by atoms with Gasteiger partial charge in [-0.1, -0.05) is 24.3 Å². The SMILES string of the molecule is O=C(O)C=CC(=O)O.c1ccc2c(c1)Cc1sc(CCCN3CCCC3)nc1-2. The number of likely N-dealkylation sites (tertiary alicyclic amines) is 1. The van der Waals surface area contributed by atoms with Crippen LogP contribution in [0.25, 0.3) is 11.3 Å². The lowest BCUT2D eigenvalue weighted by atomic mass is 10.1. The molecule has 0 spiro atoms. The first kappa shape index (κ1) is 20.2. The topological polar surface area (TPSA) is 90.7 Å². The number of fused-ring (bicyclic) bond motifs is 3. The van der Waals surface area contributed by atoms with Crippen LogP contribution in [-0.2, 0) is 22.4 Å². The Morgan fingerprint density at radius 3 is 2.46 bits per heavy atom. The molecule has 2 heterocycles. The summed E-state index contributed by atoms with van der Waals surface area (Å²) in [5.41, 5.74) is 4.08. The zero-order valence-electron chi connectivity index (χ0n) is 15.6. The molecule has 2 N–H and O–H groups in total. The third kappa shape index (κ3) is 5.50. The van der Waals surface area contributed by atoms with Crippen LogP contribution in [0, 0.1) is 0 Å². The number of aliphatic carboxylic acids is 2. The quantitative estimate of drug-likeness (QED) is 0.616. The molecule has 1 aliphatic carbocycles. The molecule has 4 rings (SSSR count). The van der Waals surface area contributed by atoms with Crippen molar-refractivity contribution in [2.45, 2.75) is 32.1 Å². The lowest BCUT2D eigenvalue weighted by Crippen LogP contribution is -2.20. The van der Waals surface area contributed by atoms with Gasteiger partial charge in [0.1, 0.15) is 0 Å². The molecule has 148 valence electrons. The third-order valence-electron chi connectivity index (χ3n) is 4.80. The van der Waals surface area contributed by atoms with Crippen molar-refractivity contribution >= 4 is 23.3 Å². The van der Waals surface area contributed by atoms with Crippen LogP contribution in [0.15, 0.2) is 36.4 Å². The largest absolute Gasteiger partial charge is 0.478 e. The molecule has 1 aromatic heterocycles. The summed E-state index contributed by atoms with van der Waals surface area (Å²) in [6, 6.07) is 8.71. The van der Waals surface area contributed by atoms with Crippen molar-refractivity contribution in [2.24, 2.45) is 0 Å². The number of aromatic nitrogens is 1. The summed E-state index contributed by atoms with van der Waals surface area (Å²) in [7, 11) is 0. The van der Waals surface area contributed by atoms with Crippen molar-refractivity contribution in [3.8, 4) is 11.3 Å². The molecule has 2 aromatic rings. The molecular weight excluding hydrogens is 376 g/mol. The first-order valence-electron chi connectivity index (χ1n) is 9.46. The predicted octanol–water partition coefficient (Wildman–Crippen LogP) is 3.45. The maximum absolute atomic E-state index is 9.55. The van der Waals surface area contributed by atoms with Crippen molar-refractivity contribution in [2.75, 3.05) is 19.6 Å². The molecule has 6 nitrogen and oxygen atoms in total. The molecule has 1 fully saturated rings. The zero-order valence-corrected chi connectivity index (χ0v) is 16.5. The molecular formula is C21H24N2O4S. The van der Waals surface area contributed by atoms with Crippen LogP contribution in [-0.4, -0.2) is 51.7 Å². The lowest BCUT2D eigenvalue weighted by molar-refractivity contribution is -0.134. The van der Waals surface area contributed by atoms with E-state index in [0.717, 1.165) is 12.8 Å². The first-order chi connectivity index (χ1) is 13.5. The molecule has 0 radical (unpaired) electrons. The fraction of sp³-hybridized carbons (Fsp3) is 0.381. The van der Waals surface area contributed by atoms with Crippen LogP contribution >= 0.6 is 11.3 Å². The van der Waals surface area contributed by atoms with Crippen LogP contribution in [0.1, 0.15) is 34.7 Å². The number of aryl methyl sites for hydroxylation is 1. The van der Waals surface area contributed by atoms with Crippen molar-refractivity contribution < 1.29 is 19.8 Å². The van der Waals surface area contributed by atoms with E-state index in [1.165, 1.54) is 65.6 Å². The summed E-state index contributed by atoms with van der Waals surface area (Å²) in [4.78, 5) is 28.1. The average molecular weight is 401 g/mol. The number of hydrogen-bond acceptors (Lipinski definition) is 5. The Balaban J connectivity index is 0.000000242. The molecule has 0 unspecified atom stereocenters. The van der Waals surface area contributed by atoms with E-state index in [4.69, 9.17) is 15.2 Å². The molecule has 2 aliphatic rings. The first-order valence-corrected chi connectivity index (χ1v) is 10.3. The van der Waals surface area contributed by atoms with Gasteiger partial charge in [-0.05, 0) is 44.5 Å². The van der Waals surface area contributed by atoms with E-state index in [2.05, 4.69) is 29.2 Å². The van der Waals surface area contributed by atoms with Gasteiger partial charge in [0.15, 0.2) is 0 Å². The number of nitrogens with zero attached hydrogens (tertiary/aromatic N) is 2. The third-order valence-corrected chi connectivity index (χ3v) is 5.91. The van der Waals surface area contributed by atoms with Gasteiger partial charge in [-0.2, -0.15) is 0 Å². The van der Waals surface area contributed by atoms with Crippen LogP contribution in [0.5, 0.6) is 0 Å². The summed E-state index contributed by atoms with van der Waals surface area (Å²) in [5, 5.41) is 17.0. The van der Waals surface area contributed by atoms with Crippen molar-refractivity contribution in [1.82, 2.24) is 9.88 Å². The highest BCUT2D eigenvalue weighted by Gasteiger charge is 2.22. The summed E-state index contributed by atoms with van der Waals surface area (Å²) in [6.07, 6.45) is 7.40. The monoisotopic (exact) mass is 400 g/mol. The minimum atomic E-state index is -1.26. The van der Waals surface area contributed by atoms with E-state index in [0.29, 0.717) is 12.2 Å². The maximum Gasteiger partial charge on any atom is 0.328 e. The summed E-state index contributed by atoms with van der Waals surface area (Å²) >= 11 is 1.93. The van der Waals surface area contributed by atoms with Gasteiger partial charge in [-0.3, -0.25) is 0 Å². The van der Waals surface area contributed by atoms with Gasteiger partial charge in [0.25, 0.3) is 0 Å². The molecule has 0 atom stereocenters. The van der Waals surface area contributed by atoms with Gasteiger partial charge >= 0.3 is 11.9 Å². The number of benzene rings is 1. The van der Waals surface area contributed by atoms with Crippen molar-refractivity contribution in [3.05, 3.63) is 51.9 Å². The average Bonchev–Trinajstić information content (AvgIpc) is 3.37. The van der Waals surface area contributed by atoms with Gasteiger partial charge in [0.05, 0.1) is 10.7 Å². The van der Waals surface area contributed by atoms with Crippen LogP contribution in [0.3, 0.4) is 0 Å². The van der Waals surface area contributed by atoms with Crippen molar-refractivity contribution in [3.63, 3.8) is 0 Å². The Hall–Kier alpha value is -2.51.